The van der Waals surface area contributed by atoms with E-state index in [0.29, 0.717) is 13.0 Å². The Labute approximate surface area is 184 Å². The average molecular weight is 492 g/mol. The standard InChI is InChI=1S/C22H28N4O.HI/c1-23-22(24-14-13-18-6-3-2-4-7-18)25-16-19-9-11-20(12-10-19)17-26-15-5-8-21(26)27;/h2-4,6-7,9-12H,5,8,13-17H2,1H3,(H2,23,24,25);1H. The molecule has 2 aromatic carbocycles. The lowest BCUT2D eigenvalue weighted by Gasteiger charge is -2.16. The van der Waals surface area contributed by atoms with E-state index in [9.17, 15) is 4.79 Å². The van der Waals surface area contributed by atoms with Crippen LogP contribution in [0.3, 0.4) is 0 Å². The highest BCUT2D eigenvalue weighted by atomic mass is 127. The third-order valence-corrected chi connectivity index (χ3v) is 4.80. The number of aliphatic imine (C=N–C) groups is 1. The fourth-order valence-corrected chi connectivity index (χ4v) is 3.23. The number of guanidine groups is 1. The van der Waals surface area contributed by atoms with Gasteiger partial charge in [-0.25, -0.2) is 0 Å². The zero-order chi connectivity index (χ0) is 18.9. The van der Waals surface area contributed by atoms with Gasteiger partial charge in [0.1, 0.15) is 0 Å². The van der Waals surface area contributed by atoms with Crippen LogP contribution in [0.25, 0.3) is 0 Å². The maximum absolute atomic E-state index is 11.7. The largest absolute Gasteiger partial charge is 0.356 e. The summed E-state index contributed by atoms with van der Waals surface area (Å²) in [6.07, 6.45) is 2.64. The smallest absolute Gasteiger partial charge is 0.222 e. The molecule has 1 amide bonds. The first kappa shape index (κ1) is 22.2. The van der Waals surface area contributed by atoms with E-state index < -0.39 is 0 Å². The van der Waals surface area contributed by atoms with Gasteiger partial charge in [0.2, 0.25) is 5.91 Å². The topological polar surface area (TPSA) is 56.7 Å². The van der Waals surface area contributed by atoms with Gasteiger partial charge in [-0.2, -0.15) is 0 Å². The van der Waals surface area contributed by atoms with Gasteiger partial charge in [-0.1, -0.05) is 54.6 Å². The molecule has 2 aromatic rings. The molecule has 150 valence electrons. The third kappa shape index (κ3) is 6.82. The first-order valence-corrected chi connectivity index (χ1v) is 9.58. The Morgan fingerprint density at radius 1 is 1.00 bits per heavy atom. The fraction of sp³-hybridized carbons (Fsp3) is 0.364. The minimum Gasteiger partial charge on any atom is -0.356 e. The van der Waals surface area contributed by atoms with E-state index in [4.69, 9.17) is 0 Å². The summed E-state index contributed by atoms with van der Waals surface area (Å²) in [5.74, 6) is 1.07. The van der Waals surface area contributed by atoms with Gasteiger partial charge in [-0.15, -0.1) is 24.0 Å². The minimum atomic E-state index is 0. The molecule has 0 aromatic heterocycles. The lowest BCUT2D eigenvalue weighted by atomic mass is 10.1. The normalized spacial score (nSPS) is 14.0. The van der Waals surface area contributed by atoms with Crippen molar-refractivity contribution in [3.63, 3.8) is 0 Å². The third-order valence-electron chi connectivity index (χ3n) is 4.80. The highest BCUT2D eigenvalue weighted by molar-refractivity contribution is 14.0. The monoisotopic (exact) mass is 492 g/mol. The molecule has 1 fully saturated rings. The summed E-state index contributed by atoms with van der Waals surface area (Å²) in [4.78, 5) is 17.9. The van der Waals surface area contributed by atoms with Crippen molar-refractivity contribution in [1.29, 1.82) is 0 Å². The molecule has 0 spiro atoms. The molecule has 28 heavy (non-hydrogen) atoms. The van der Waals surface area contributed by atoms with Crippen LogP contribution in [0.2, 0.25) is 0 Å². The molecule has 0 atom stereocenters. The van der Waals surface area contributed by atoms with Gasteiger partial charge in [0.25, 0.3) is 0 Å². The molecule has 6 heteroatoms. The van der Waals surface area contributed by atoms with Crippen LogP contribution < -0.4 is 10.6 Å². The molecule has 2 N–H and O–H groups in total. The predicted octanol–water partition coefficient (Wildman–Crippen LogP) is 3.33. The molecule has 3 rings (SSSR count). The van der Waals surface area contributed by atoms with E-state index in [1.165, 1.54) is 16.7 Å². The second-order valence-corrected chi connectivity index (χ2v) is 6.82. The SMILES string of the molecule is CN=C(NCCc1ccccc1)NCc1ccc(CN2CCCC2=O)cc1.I. The maximum atomic E-state index is 11.7. The Bertz CT molecular complexity index is 762. The number of nitrogens with zero attached hydrogens (tertiary/aromatic N) is 2. The van der Waals surface area contributed by atoms with E-state index in [-0.39, 0.29) is 29.9 Å². The minimum absolute atomic E-state index is 0. The number of likely N-dealkylation sites (tertiary alicyclic amines) is 1. The van der Waals surface area contributed by atoms with Crippen LogP contribution >= 0.6 is 24.0 Å². The summed E-state index contributed by atoms with van der Waals surface area (Å²) >= 11 is 0. The second kappa shape index (κ2) is 11.7. The van der Waals surface area contributed by atoms with Crippen molar-refractivity contribution in [1.82, 2.24) is 15.5 Å². The summed E-state index contributed by atoms with van der Waals surface area (Å²) < 4.78 is 0. The molecule has 0 aliphatic carbocycles. The number of carbonyl (C=O) groups excluding carboxylic acids is 1. The Hall–Kier alpha value is -2.09. The highest BCUT2D eigenvalue weighted by Gasteiger charge is 2.19. The van der Waals surface area contributed by atoms with Gasteiger partial charge < -0.3 is 15.5 Å². The number of halogens is 1. The lowest BCUT2D eigenvalue weighted by molar-refractivity contribution is -0.128. The summed E-state index contributed by atoms with van der Waals surface area (Å²) in [7, 11) is 1.79. The number of benzene rings is 2. The second-order valence-electron chi connectivity index (χ2n) is 6.82. The molecule has 0 saturated carbocycles. The summed E-state index contributed by atoms with van der Waals surface area (Å²) in [5.41, 5.74) is 3.68. The van der Waals surface area contributed by atoms with Gasteiger partial charge in [-0.3, -0.25) is 9.79 Å². The number of amides is 1. The number of rotatable bonds is 7. The Morgan fingerprint density at radius 2 is 1.71 bits per heavy atom. The summed E-state index contributed by atoms with van der Waals surface area (Å²) in [6.45, 7) is 3.16. The van der Waals surface area contributed by atoms with E-state index in [0.717, 1.165) is 38.4 Å². The maximum Gasteiger partial charge on any atom is 0.222 e. The van der Waals surface area contributed by atoms with Crippen molar-refractivity contribution in [3.05, 3.63) is 71.3 Å². The van der Waals surface area contributed by atoms with Crippen molar-refractivity contribution < 1.29 is 4.79 Å². The van der Waals surface area contributed by atoms with Crippen molar-refractivity contribution in [2.24, 2.45) is 4.99 Å². The van der Waals surface area contributed by atoms with E-state index >= 15 is 0 Å². The van der Waals surface area contributed by atoms with Crippen LogP contribution in [0, 0.1) is 0 Å². The van der Waals surface area contributed by atoms with Crippen molar-refractivity contribution in [2.45, 2.75) is 32.4 Å². The Kier molecular flexibility index (Phi) is 9.27. The van der Waals surface area contributed by atoms with E-state index in [2.05, 4.69) is 64.2 Å². The van der Waals surface area contributed by atoms with Crippen molar-refractivity contribution in [2.75, 3.05) is 20.1 Å². The van der Waals surface area contributed by atoms with Gasteiger partial charge in [0.05, 0.1) is 0 Å². The fourth-order valence-electron chi connectivity index (χ4n) is 3.23. The molecule has 5 nitrogen and oxygen atoms in total. The van der Waals surface area contributed by atoms with E-state index in [1.54, 1.807) is 7.05 Å². The zero-order valence-electron chi connectivity index (χ0n) is 16.4. The van der Waals surface area contributed by atoms with Gasteiger partial charge in [-0.05, 0) is 29.5 Å². The molecule has 1 aliphatic heterocycles. The molecule has 0 bridgehead atoms. The van der Waals surface area contributed by atoms with Crippen LogP contribution in [0.1, 0.15) is 29.5 Å². The summed E-state index contributed by atoms with van der Waals surface area (Å²) in [6, 6.07) is 18.9. The molecule has 0 radical (unpaired) electrons. The molecule has 1 saturated heterocycles. The van der Waals surface area contributed by atoms with Crippen molar-refractivity contribution >= 4 is 35.8 Å². The summed E-state index contributed by atoms with van der Waals surface area (Å²) in [5, 5.41) is 6.69. The van der Waals surface area contributed by atoms with Crippen LogP contribution in [-0.2, 0) is 24.3 Å². The molecular weight excluding hydrogens is 463 g/mol. The predicted molar refractivity (Wildman–Crippen MR) is 125 cm³/mol. The quantitative estimate of drug-likeness (QED) is 0.354. The molecular formula is C22H29IN4O. The van der Waals surface area contributed by atoms with Crippen molar-refractivity contribution in [3.8, 4) is 0 Å². The van der Waals surface area contributed by atoms with Crippen LogP contribution in [-0.4, -0.2) is 36.9 Å². The zero-order valence-corrected chi connectivity index (χ0v) is 18.7. The number of nitrogens with one attached hydrogen (secondary N) is 2. The Balaban J connectivity index is 0.00000280. The average Bonchev–Trinajstić information content (AvgIpc) is 3.11. The van der Waals surface area contributed by atoms with Gasteiger partial charge in [0.15, 0.2) is 5.96 Å². The number of hydrogen-bond acceptors (Lipinski definition) is 2. The molecule has 1 aliphatic rings. The Morgan fingerprint density at radius 3 is 2.36 bits per heavy atom. The highest BCUT2D eigenvalue weighted by Crippen LogP contribution is 2.14. The molecule has 1 heterocycles. The number of carbonyl (C=O) groups is 1. The van der Waals surface area contributed by atoms with E-state index in [1.807, 2.05) is 11.0 Å². The first-order chi connectivity index (χ1) is 13.2. The van der Waals surface area contributed by atoms with Crippen LogP contribution in [0.5, 0.6) is 0 Å². The number of hydrogen-bond donors (Lipinski definition) is 2. The van der Waals surface area contributed by atoms with Crippen LogP contribution in [0.4, 0.5) is 0 Å². The van der Waals surface area contributed by atoms with Crippen LogP contribution in [0.15, 0.2) is 59.6 Å². The van der Waals surface area contributed by atoms with Gasteiger partial charge >= 0.3 is 0 Å². The lowest BCUT2D eigenvalue weighted by Crippen LogP contribution is -2.37. The first-order valence-electron chi connectivity index (χ1n) is 9.58. The van der Waals surface area contributed by atoms with Gasteiger partial charge in [0, 0.05) is 39.6 Å². The molecule has 0 unspecified atom stereocenters.